The zero-order valence-corrected chi connectivity index (χ0v) is 15.4. The van der Waals surface area contributed by atoms with Gasteiger partial charge in [0.1, 0.15) is 0 Å². The van der Waals surface area contributed by atoms with Crippen molar-refractivity contribution in [2.24, 2.45) is 11.8 Å². The van der Waals surface area contributed by atoms with Crippen LogP contribution >= 0.6 is 11.3 Å². The van der Waals surface area contributed by atoms with E-state index in [1.54, 1.807) is 11.3 Å². The molecular formula is C17H28N4OS. The smallest absolute Gasteiger partial charge is 0.225 e. The minimum atomic E-state index is 0.0978. The largest absolute Gasteiger partial charge is 0.342 e. The highest BCUT2D eigenvalue weighted by Gasteiger charge is 2.45. The van der Waals surface area contributed by atoms with Gasteiger partial charge in [-0.2, -0.15) is 0 Å². The molecule has 0 unspecified atom stereocenters. The molecule has 0 saturated carbocycles. The number of carbonyl (C=O) groups excluding carboxylic acids is 1. The van der Waals surface area contributed by atoms with Crippen LogP contribution in [0.4, 0.5) is 5.13 Å². The molecule has 128 valence electrons. The second-order valence-electron chi connectivity index (χ2n) is 7.43. The molecule has 3 atom stereocenters. The third-order valence-corrected chi connectivity index (χ3v) is 5.83. The Hall–Kier alpha value is -1.14. The van der Waals surface area contributed by atoms with Gasteiger partial charge in [0, 0.05) is 49.2 Å². The van der Waals surface area contributed by atoms with Crippen LogP contribution in [0.3, 0.4) is 0 Å². The van der Waals surface area contributed by atoms with Crippen LogP contribution in [0.5, 0.6) is 0 Å². The second kappa shape index (κ2) is 6.77. The first kappa shape index (κ1) is 16.7. The van der Waals surface area contributed by atoms with E-state index in [2.05, 4.69) is 39.2 Å². The number of anilines is 1. The molecule has 2 fully saturated rings. The lowest BCUT2D eigenvalue weighted by atomic mass is 9.91. The van der Waals surface area contributed by atoms with E-state index in [0.29, 0.717) is 23.9 Å². The van der Waals surface area contributed by atoms with Gasteiger partial charge < -0.3 is 14.7 Å². The Kier molecular flexibility index (Phi) is 4.92. The monoisotopic (exact) mass is 336 g/mol. The fourth-order valence-electron chi connectivity index (χ4n) is 4.14. The maximum absolute atomic E-state index is 12.3. The molecule has 0 spiro atoms. The topological polar surface area (TPSA) is 39.7 Å². The number of hydrogen-bond acceptors (Lipinski definition) is 5. The maximum atomic E-state index is 12.3. The van der Waals surface area contributed by atoms with Crippen LogP contribution in [0.2, 0.25) is 0 Å². The molecule has 6 heteroatoms. The second-order valence-corrected chi connectivity index (χ2v) is 8.30. The number of likely N-dealkylation sites (tertiary alicyclic amines) is 1. The van der Waals surface area contributed by atoms with Gasteiger partial charge in [0.25, 0.3) is 0 Å². The number of aromatic nitrogens is 1. The fraction of sp³-hybridized carbons (Fsp3) is 0.765. The first-order valence-corrected chi connectivity index (χ1v) is 9.46. The molecule has 23 heavy (non-hydrogen) atoms. The zero-order valence-electron chi connectivity index (χ0n) is 14.6. The van der Waals surface area contributed by atoms with Gasteiger partial charge in [-0.3, -0.25) is 4.79 Å². The standard InChI is InChI=1S/C17H28N4OS/c1-12(2)16(22)20-7-5-15-13(10-20)9-14(11-19(3)4)21(15)17-18-6-8-23-17/h6,8,12-15H,5,7,9-11H2,1-4H3/t13-,14+,15+/m1/s1. The van der Waals surface area contributed by atoms with E-state index in [1.807, 2.05) is 20.0 Å². The van der Waals surface area contributed by atoms with Crippen LogP contribution in [0.1, 0.15) is 26.7 Å². The van der Waals surface area contributed by atoms with Gasteiger partial charge >= 0.3 is 0 Å². The molecule has 2 saturated heterocycles. The number of hydrogen-bond donors (Lipinski definition) is 0. The lowest BCUT2D eigenvalue weighted by Crippen LogP contribution is -2.50. The molecule has 0 aliphatic carbocycles. The molecule has 0 N–H and O–H groups in total. The SMILES string of the molecule is CC(C)C(=O)N1CC[C@H]2[C@H](C[C@@H](CN(C)C)N2c2nccs2)C1. The molecule has 0 aromatic carbocycles. The van der Waals surface area contributed by atoms with Gasteiger partial charge in [-0.25, -0.2) is 4.98 Å². The van der Waals surface area contributed by atoms with Crippen LogP contribution in [0, 0.1) is 11.8 Å². The van der Waals surface area contributed by atoms with E-state index in [-0.39, 0.29) is 5.92 Å². The molecule has 0 bridgehead atoms. The minimum Gasteiger partial charge on any atom is -0.342 e. The minimum absolute atomic E-state index is 0.0978. The highest BCUT2D eigenvalue weighted by molar-refractivity contribution is 7.13. The number of likely N-dealkylation sites (N-methyl/N-ethyl adjacent to an activating group) is 1. The van der Waals surface area contributed by atoms with E-state index < -0.39 is 0 Å². The van der Waals surface area contributed by atoms with Gasteiger partial charge in [-0.1, -0.05) is 13.8 Å². The van der Waals surface area contributed by atoms with Crippen LogP contribution in [-0.2, 0) is 4.79 Å². The van der Waals surface area contributed by atoms with Gasteiger partial charge in [-0.05, 0) is 32.9 Å². The van der Waals surface area contributed by atoms with Crippen molar-refractivity contribution >= 4 is 22.4 Å². The van der Waals surface area contributed by atoms with E-state index in [0.717, 1.165) is 37.6 Å². The van der Waals surface area contributed by atoms with E-state index in [4.69, 9.17) is 0 Å². The van der Waals surface area contributed by atoms with Crippen LogP contribution in [-0.4, -0.2) is 66.5 Å². The summed E-state index contributed by atoms with van der Waals surface area (Å²) in [6.07, 6.45) is 4.12. The van der Waals surface area contributed by atoms with Crippen molar-refractivity contribution in [3.63, 3.8) is 0 Å². The third kappa shape index (κ3) is 3.38. The van der Waals surface area contributed by atoms with E-state index in [9.17, 15) is 4.79 Å². The molecule has 2 aliphatic rings. The number of fused-ring (bicyclic) bond motifs is 1. The van der Waals surface area contributed by atoms with Crippen molar-refractivity contribution in [2.75, 3.05) is 38.6 Å². The highest BCUT2D eigenvalue weighted by Crippen LogP contribution is 2.40. The number of rotatable bonds is 4. The Balaban J connectivity index is 1.77. The van der Waals surface area contributed by atoms with Crippen molar-refractivity contribution in [1.82, 2.24) is 14.8 Å². The van der Waals surface area contributed by atoms with Crippen molar-refractivity contribution in [3.05, 3.63) is 11.6 Å². The molecule has 5 nitrogen and oxygen atoms in total. The van der Waals surface area contributed by atoms with Gasteiger partial charge in [0.2, 0.25) is 5.91 Å². The molecule has 3 rings (SSSR count). The predicted molar refractivity (Wildman–Crippen MR) is 94.9 cm³/mol. The predicted octanol–water partition coefficient (Wildman–Crippen LogP) is 2.16. The summed E-state index contributed by atoms with van der Waals surface area (Å²) in [5.41, 5.74) is 0. The summed E-state index contributed by atoms with van der Waals surface area (Å²) in [6.45, 7) is 6.84. The summed E-state index contributed by atoms with van der Waals surface area (Å²) in [5.74, 6) is 0.973. The summed E-state index contributed by atoms with van der Waals surface area (Å²) >= 11 is 1.73. The average molecular weight is 337 g/mol. The maximum Gasteiger partial charge on any atom is 0.225 e. The fourth-order valence-corrected chi connectivity index (χ4v) is 4.91. The first-order chi connectivity index (χ1) is 11.0. The number of thiazole rings is 1. The van der Waals surface area contributed by atoms with Crippen molar-refractivity contribution in [2.45, 2.75) is 38.8 Å². The van der Waals surface area contributed by atoms with Gasteiger partial charge in [0.05, 0.1) is 0 Å². The lowest BCUT2D eigenvalue weighted by molar-refractivity contribution is -0.136. The van der Waals surface area contributed by atoms with Gasteiger partial charge in [-0.15, -0.1) is 11.3 Å². The molecule has 2 aliphatic heterocycles. The molecule has 1 aromatic rings. The summed E-state index contributed by atoms with van der Waals surface area (Å²) in [7, 11) is 4.27. The number of carbonyl (C=O) groups is 1. The number of amides is 1. The van der Waals surface area contributed by atoms with Crippen LogP contribution in [0.25, 0.3) is 0 Å². The normalized spacial score (nSPS) is 27.8. The first-order valence-electron chi connectivity index (χ1n) is 8.58. The Morgan fingerprint density at radius 1 is 1.48 bits per heavy atom. The Morgan fingerprint density at radius 3 is 2.87 bits per heavy atom. The van der Waals surface area contributed by atoms with Gasteiger partial charge in [0.15, 0.2) is 5.13 Å². The third-order valence-electron chi connectivity index (χ3n) is 5.04. The average Bonchev–Trinajstić information content (AvgIpc) is 3.11. The van der Waals surface area contributed by atoms with E-state index >= 15 is 0 Å². The molecular weight excluding hydrogens is 308 g/mol. The van der Waals surface area contributed by atoms with Crippen molar-refractivity contribution in [3.8, 4) is 0 Å². The molecule has 1 amide bonds. The Morgan fingerprint density at radius 2 is 2.26 bits per heavy atom. The summed E-state index contributed by atoms with van der Waals surface area (Å²) in [6, 6.07) is 1.03. The molecule has 3 heterocycles. The molecule has 0 radical (unpaired) electrons. The van der Waals surface area contributed by atoms with Crippen molar-refractivity contribution < 1.29 is 4.79 Å². The zero-order chi connectivity index (χ0) is 16.6. The Bertz CT molecular complexity index is 531. The quantitative estimate of drug-likeness (QED) is 0.845. The van der Waals surface area contributed by atoms with Crippen LogP contribution in [0.15, 0.2) is 11.6 Å². The number of nitrogens with zero attached hydrogens (tertiary/aromatic N) is 4. The summed E-state index contributed by atoms with van der Waals surface area (Å²) < 4.78 is 0. The lowest BCUT2D eigenvalue weighted by Gasteiger charge is -2.39. The summed E-state index contributed by atoms with van der Waals surface area (Å²) in [5, 5.41) is 3.21. The van der Waals surface area contributed by atoms with Crippen molar-refractivity contribution in [1.29, 1.82) is 0 Å². The summed E-state index contributed by atoms with van der Waals surface area (Å²) in [4.78, 5) is 23.8. The highest BCUT2D eigenvalue weighted by atomic mass is 32.1. The molecule has 1 aromatic heterocycles. The van der Waals surface area contributed by atoms with E-state index in [1.165, 1.54) is 0 Å². The van der Waals surface area contributed by atoms with Crippen LogP contribution < -0.4 is 4.90 Å². The Labute approximate surface area is 143 Å². The number of piperidine rings is 1.